The van der Waals surface area contributed by atoms with E-state index in [-0.39, 0.29) is 0 Å². The predicted molar refractivity (Wildman–Crippen MR) is 66.7 cm³/mol. The fourth-order valence-corrected chi connectivity index (χ4v) is 2.55. The summed E-state index contributed by atoms with van der Waals surface area (Å²) in [4.78, 5) is 3.36. The van der Waals surface area contributed by atoms with E-state index in [0.717, 1.165) is 21.8 Å². The second-order valence-corrected chi connectivity index (χ2v) is 4.31. The molecule has 90 valence electrons. The van der Waals surface area contributed by atoms with Gasteiger partial charge in [-0.1, -0.05) is 18.2 Å². The van der Waals surface area contributed by atoms with Crippen molar-refractivity contribution >= 4 is 33.1 Å². The van der Waals surface area contributed by atoms with Crippen LogP contribution in [0.3, 0.4) is 0 Å². The minimum atomic E-state index is 0.680. The zero-order chi connectivity index (χ0) is 12.4. The number of nitrogens with one attached hydrogen (secondary N) is 1. The smallest absolute Gasteiger partial charge is 0.208 e. The molecule has 19 heavy (non-hydrogen) atoms. The molecule has 4 heterocycles. The molecule has 0 spiro atoms. The molecule has 5 rings (SSSR count). The van der Waals surface area contributed by atoms with Gasteiger partial charge in [-0.3, -0.25) is 0 Å². The topological polar surface area (TPSA) is 89.1 Å². The Morgan fingerprint density at radius 2 is 2.00 bits per heavy atom. The second kappa shape index (κ2) is 2.86. The summed E-state index contributed by atoms with van der Waals surface area (Å²) in [6.07, 6.45) is 1.59. The van der Waals surface area contributed by atoms with Gasteiger partial charge in [-0.25, -0.2) is 0 Å². The zero-order valence-electron chi connectivity index (χ0n) is 9.52. The van der Waals surface area contributed by atoms with Crippen molar-refractivity contribution < 1.29 is 0 Å². The first-order valence-corrected chi connectivity index (χ1v) is 5.74. The average molecular weight is 250 g/mol. The van der Waals surface area contributed by atoms with Crippen LogP contribution in [-0.2, 0) is 0 Å². The quantitative estimate of drug-likeness (QED) is 0.439. The van der Waals surface area contributed by atoms with E-state index in [2.05, 4.69) is 30.7 Å². The molecular formula is C11H6N8. The average Bonchev–Trinajstić information content (AvgIpc) is 3.14. The maximum absolute atomic E-state index is 4.14. The van der Waals surface area contributed by atoms with Crippen molar-refractivity contribution in [1.82, 2.24) is 39.9 Å². The van der Waals surface area contributed by atoms with Gasteiger partial charge in [-0.15, -0.1) is 19.9 Å². The Hall–Kier alpha value is -3.03. The Balaban J connectivity index is 2.29. The molecule has 8 nitrogen and oxygen atoms in total. The highest BCUT2D eigenvalue weighted by atomic mass is 15.6. The number of hydrogen-bond acceptors (Lipinski definition) is 5. The standard InChI is InChI=1S/C11H6N8/c1-2-4-7-6(3-1)8-9(13-7)11-14-12-5-18(11)19-10(8)15-16-17-19/h1-5,13H. The van der Waals surface area contributed by atoms with Crippen LogP contribution in [0.25, 0.3) is 33.1 Å². The summed E-state index contributed by atoms with van der Waals surface area (Å²) >= 11 is 0. The Labute approximate surface area is 104 Å². The van der Waals surface area contributed by atoms with Crippen molar-refractivity contribution in [3.63, 3.8) is 0 Å². The van der Waals surface area contributed by atoms with Crippen molar-refractivity contribution in [2.24, 2.45) is 0 Å². The normalized spacial score (nSPS) is 12.2. The van der Waals surface area contributed by atoms with Gasteiger partial charge in [-0.05, 0) is 16.5 Å². The lowest BCUT2D eigenvalue weighted by Crippen LogP contribution is -2.01. The molecule has 0 aliphatic rings. The number of para-hydroxylation sites is 1. The van der Waals surface area contributed by atoms with Gasteiger partial charge in [0.1, 0.15) is 6.33 Å². The highest BCUT2D eigenvalue weighted by Crippen LogP contribution is 2.29. The molecule has 1 N–H and O–H groups in total. The van der Waals surface area contributed by atoms with Crippen LogP contribution in [0.5, 0.6) is 0 Å². The third kappa shape index (κ3) is 0.932. The number of aromatic nitrogens is 8. The van der Waals surface area contributed by atoms with Crippen LogP contribution in [0.1, 0.15) is 0 Å². The van der Waals surface area contributed by atoms with Crippen LogP contribution in [0.4, 0.5) is 0 Å². The van der Waals surface area contributed by atoms with E-state index in [9.17, 15) is 0 Å². The molecule has 5 aromatic rings. The molecular weight excluding hydrogens is 244 g/mol. The van der Waals surface area contributed by atoms with Gasteiger partial charge in [0.05, 0.1) is 10.9 Å². The maximum Gasteiger partial charge on any atom is 0.208 e. The minimum Gasteiger partial charge on any atom is -0.351 e. The van der Waals surface area contributed by atoms with Crippen molar-refractivity contribution in [2.75, 3.05) is 0 Å². The summed E-state index contributed by atoms with van der Waals surface area (Å²) < 4.78 is 3.31. The van der Waals surface area contributed by atoms with Gasteiger partial charge in [0.15, 0.2) is 0 Å². The Kier molecular flexibility index (Phi) is 1.35. The molecule has 0 saturated heterocycles. The summed E-state index contributed by atoms with van der Waals surface area (Å²) in [6, 6.07) is 8.03. The molecule has 0 unspecified atom stereocenters. The molecule has 0 aliphatic heterocycles. The van der Waals surface area contributed by atoms with Crippen LogP contribution < -0.4 is 0 Å². The summed E-state index contributed by atoms with van der Waals surface area (Å²) in [5, 5.41) is 21.9. The molecule has 4 aromatic heterocycles. The van der Waals surface area contributed by atoms with Gasteiger partial charge in [0, 0.05) is 10.9 Å². The van der Waals surface area contributed by atoms with Crippen LogP contribution >= 0.6 is 0 Å². The van der Waals surface area contributed by atoms with Gasteiger partial charge in [0.2, 0.25) is 11.3 Å². The number of H-pyrrole nitrogens is 1. The van der Waals surface area contributed by atoms with E-state index in [1.54, 1.807) is 15.5 Å². The van der Waals surface area contributed by atoms with E-state index in [0.29, 0.717) is 11.3 Å². The molecule has 0 radical (unpaired) electrons. The van der Waals surface area contributed by atoms with E-state index in [1.807, 2.05) is 24.3 Å². The Bertz CT molecular complexity index is 1070. The molecule has 1 aromatic carbocycles. The number of tetrazole rings is 1. The lowest BCUT2D eigenvalue weighted by Gasteiger charge is -1.97. The first-order chi connectivity index (χ1) is 9.43. The molecule has 0 bridgehead atoms. The number of benzene rings is 1. The SMILES string of the molecule is c1ccc2c(c1)[nH]c1c2c2nnnn2n2cnnc12. The lowest BCUT2D eigenvalue weighted by atomic mass is 10.2. The number of hydrogen-bond donors (Lipinski definition) is 1. The summed E-state index contributed by atoms with van der Waals surface area (Å²) in [6.45, 7) is 0. The molecule has 0 atom stereocenters. The molecule has 0 saturated carbocycles. The zero-order valence-corrected chi connectivity index (χ0v) is 9.52. The van der Waals surface area contributed by atoms with Crippen molar-refractivity contribution in [2.45, 2.75) is 0 Å². The molecule has 0 fully saturated rings. The van der Waals surface area contributed by atoms with Gasteiger partial charge in [0.25, 0.3) is 0 Å². The Morgan fingerprint density at radius 1 is 1.05 bits per heavy atom. The third-order valence-corrected chi connectivity index (χ3v) is 3.34. The minimum absolute atomic E-state index is 0.680. The first-order valence-electron chi connectivity index (χ1n) is 5.74. The number of aromatic amines is 1. The van der Waals surface area contributed by atoms with Crippen molar-refractivity contribution in [1.29, 1.82) is 0 Å². The summed E-state index contributed by atoms with van der Waals surface area (Å²) in [7, 11) is 0. The first kappa shape index (κ1) is 8.97. The van der Waals surface area contributed by atoms with Crippen LogP contribution in [0, 0.1) is 0 Å². The number of rotatable bonds is 0. The molecule has 0 amide bonds. The molecule has 8 heteroatoms. The largest absolute Gasteiger partial charge is 0.351 e. The lowest BCUT2D eigenvalue weighted by molar-refractivity contribution is 0.693. The van der Waals surface area contributed by atoms with Crippen LogP contribution in [-0.4, -0.2) is 39.9 Å². The van der Waals surface area contributed by atoms with E-state index < -0.39 is 0 Å². The van der Waals surface area contributed by atoms with Gasteiger partial charge < -0.3 is 4.98 Å². The highest BCUT2D eigenvalue weighted by Gasteiger charge is 2.16. The summed E-state index contributed by atoms with van der Waals surface area (Å²) in [5.74, 6) is 0. The van der Waals surface area contributed by atoms with E-state index in [1.165, 1.54) is 0 Å². The van der Waals surface area contributed by atoms with Crippen LogP contribution in [0.2, 0.25) is 0 Å². The third-order valence-electron chi connectivity index (χ3n) is 3.34. The molecule has 0 aliphatic carbocycles. The summed E-state index contributed by atoms with van der Waals surface area (Å²) in [5.41, 5.74) is 3.30. The van der Waals surface area contributed by atoms with Crippen LogP contribution in [0.15, 0.2) is 30.6 Å². The number of nitrogens with zero attached hydrogens (tertiary/aromatic N) is 7. The maximum atomic E-state index is 4.14. The van der Waals surface area contributed by atoms with E-state index >= 15 is 0 Å². The fraction of sp³-hybridized carbons (Fsp3) is 0. The second-order valence-electron chi connectivity index (χ2n) is 4.31. The van der Waals surface area contributed by atoms with Gasteiger partial charge in [-0.2, -0.15) is 4.52 Å². The van der Waals surface area contributed by atoms with Crippen molar-refractivity contribution in [3.05, 3.63) is 30.6 Å². The number of fused-ring (bicyclic) bond motifs is 8. The Morgan fingerprint density at radius 3 is 3.00 bits per heavy atom. The van der Waals surface area contributed by atoms with Gasteiger partial charge >= 0.3 is 0 Å². The predicted octanol–water partition coefficient (Wildman–Crippen LogP) is 0.801. The van der Waals surface area contributed by atoms with Crippen molar-refractivity contribution in [3.8, 4) is 0 Å². The van der Waals surface area contributed by atoms with E-state index in [4.69, 9.17) is 0 Å². The highest BCUT2D eigenvalue weighted by molar-refractivity contribution is 6.16. The monoisotopic (exact) mass is 250 g/mol. The fourth-order valence-electron chi connectivity index (χ4n) is 2.55.